The average molecular weight is 419 g/mol. The van der Waals surface area contributed by atoms with Crippen molar-refractivity contribution in [1.82, 2.24) is 0 Å². The molecule has 31 heavy (non-hydrogen) atoms. The molecule has 10 rings (SSSR count). The molecule has 1 aromatic rings. The van der Waals surface area contributed by atoms with Gasteiger partial charge in [-0.05, 0) is 135 Å². The fourth-order valence-electron chi connectivity index (χ4n) is 10.7. The van der Waals surface area contributed by atoms with Crippen LogP contribution in [0, 0.1) is 35.5 Å². The Morgan fingerprint density at radius 3 is 1.68 bits per heavy atom. The van der Waals surface area contributed by atoms with Crippen LogP contribution < -0.4 is 4.74 Å². The van der Waals surface area contributed by atoms with E-state index in [2.05, 4.69) is 18.2 Å². The third-order valence-corrected chi connectivity index (χ3v) is 11.1. The number of rotatable bonds is 5. The van der Waals surface area contributed by atoms with Crippen LogP contribution in [-0.2, 0) is 15.6 Å². The minimum Gasteiger partial charge on any atom is -0.490 e. The first-order chi connectivity index (χ1) is 15.1. The molecular weight excluding hydrogens is 380 g/mol. The molecule has 2 nitrogen and oxygen atoms in total. The zero-order chi connectivity index (χ0) is 20.2. The lowest BCUT2D eigenvalue weighted by Crippen LogP contribution is -2.50. The van der Waals surface area contributed by atoms with Gasteiger partial charge in [-0.1, -0.05) is 12.1 Å². The molecule has 0 spiro atoms. The van der Waals surface area contributed by atoms with Crippen LogP contribution in [0.4, 0.5) is 0 Å². The van der Waals surface area contributed by atoms with Gasteiger partial charge < -0.3 is 9.47 Å². The molecule has 166 valence electrons. The molecule has 1 saturated heterocycles. The zero-order valence-corrected chi connectivity index (χ0v) is 19.0. The summed E-state index contributed by atoms with van der Waals surface area (Å²) < 4.78 is 12.0. The molecule has 0 N–H and O–H groups in total. The van der Waals surface area contributed by atoms with Crippen LogP contribution in [-0.4, -0.2) is 19.3 Å². The van der Waals surface area contributed by atoms with E-state index in [1.54, 1.807) is 11.1 Å². The summed E-state index contributed by atoms with van der Waals surface area (Å²) in [6.07, 6.45) is 18.2. The Bertz CT molecular complexity index is 825. The van der Waals surface area contributed by atoms with Gasteiger partial charge in [0.05, 0.1) is 6.61 Å². The maximum absolute atomic E-state index is 6.50. The van der Waals surface area contributed by atoms with Gasteiger partial charge in [0.25, 0.3) is 0 Å². The van der Waals surface area contributed by atoms with E-state index >= 15 is 0 Å². The average Bonchev–Trinajstić information content (AvgIpc) is 3.55. The quantitative estimate of drug-likeness (QED) is 0.516. The predicted molar refractivity (Wildman–Crippen MR) is 121 cm³/mol. The van der Waals surface area contributed by atoms with Crippen LogP contribution in [0.3, 0.4) is 0 Å². The Balaban J connectivity index is 1.21. The second kappa shape index (κ2) is 6.31. The van der Waals surface area contributed by atoms with Crippen molar-refractivity contribution in [2.24, 2.45) is 35.5 Å². The van der Waals surface area contributed by atoms with E-state index in [1.807, 2.05) is 0 Å². The van der Waals surface area contributed by atoms with Crippen LogP contribution in [0.25, 0.3) is 0 Å². The monoisotopic (exact) mass is 418 g/mol. The minimum atomic E-state index is 0.340. The Hall–Kier alpha value is -1.02. The molecular formula is C29H38O2. The molecule has 0 amide bonds. The lowest BCUT2D eigenvalue weighted by Gasteiger charge is -2.58. The van der Waals surface area contributed by atoms with Crippen molar-refractivity contribution in [1.29, 1.82) is 0 Å². The van der Waals surface area contributed by atoms with E-state index in [9.17, 15) is 0 Å². The molecule has 0 radical (unpaired) electrons. The van der Waals surface area contributed by atoms with E-state index < -0.39 is 0 Å². The highest BCUT2D eigenvalue weighted by Crippen LogP contribution is 2.64. The van der Waals surface area contributed by atoms with Crippen molar-refractivity contribution in [2.45, 2.75) is 94.0 Å². The van der Waals surface area contributed by atoms with Crippen molar-refractivity contribution in [2.75, 3.05) is 13.2 Å². The standard InChI is InChI=1S/C29H38O2/c1-2-27(31-17-25-16-30-25)26(29-13-21-6-22(14-29)8-23(7-21)15-29)9-24(1)28-10-18-3-19(11-28)5-20(4-18)12-28/h1-2,9,18-23,25H,3-8,10-17H2. The highest BCUT2D eigenvalue weighted by Gasteiger charge is 2.54. The number of hydrogen-bond acceptors (Lipinski definition) is 2. The Morgan fingerprint density at radius 1 is 0.710 bits per heavy atom. The molecule has 0 aromatic heterocycles. The molecule has 8 saturated carbocycles. The predicted octanol–water partition coefficient (Wildman–Crippen LogP) is 6.40. The van der Waals surface area contributed by atoms with Gasteiger partial charge >= 0.3 is 0 Å². The zero-order valence-electron chi connectivity index (χ0n) is 19.0. The smallest absolute Gasteiger partial charge is 0.123 e. The summed E-state index contributed by atoms with van der Waals surface area (Å²) in [5.74, 6) is 7.19. The Kier molecular flexibility index (Phi) is 3.75. The van der Waals surface area contributed by atoms with E-state index in [0.717, 1.165) is 48.7 Å². The van der Waals surface area contributed by atoms with Crippen LogP contribution >= 0.6 is 0 Å². The summed E-state index contributed by atoms with van der Waals surface area (Å²) in [4.78, 5) is 0. The van der Waals surface area contributed by atoms with Crippen molar-refractivity contribution in [3.05, 3.63) is 29.3 Å². The largest absolute Gasteiger partial charge is 0.490 e. The molecule has 1 aliphatic heterocycles. The first-order valence-electron chi connectivity index (χ1n) is 13.5. The van der Waals surface area contributed by atoms with E-state index in [4.69, 9.17) is 9.47 Å². The van der Waals surface area contributed by atoms with Crippen molar-refractivity contribution in [3.63, 3.8) is 0 Å². The summed E-state index contributed by atoms with van der Waals surface area (Å²) in [5, 5.41) is 0. The number of benzene rings is 1. The van der Waals surface area contributed by atoms with E-state index in [0.29, 0.717) is 16.9 Å². The van der Waals surface area contributed by atoms with Crippen LogP contribution in [0.2, 0.25) is 0 Å². The van der Waals surface area contributed by atoms with Gasteiger partial charge in [-0.15, -0.1) is 0 Å². The van der Waals surface area contributed by atoms with Gasteiger partial charge in [0, 0.05) is 5.56 Å². The molecule has 9 aliphatic rings. The Labute approximate surface area is 187 Å². The topological polar surface area (TPSA) is 21.8 Å². The summed E-state index contributed by atoms with van der Waals surface area (Å²) >= 11 is 0. The van der Waals surface area contributed by atoms with E-state index in [-0.39, 0.29) is 0 Å². The highest BCUT2D eigenvalue weighted by molar-refractivity contribution is 5.47. The summed E-state index contributed by atoms with van der Waals surface area (Å²) in [5.41, 5.74) is 4.23. The SMILES string of the molecule is c1cc(OCC2CO2)c(C23CC4CC(CC(C4)C2)C3)cc1C12CC3CC(CC(C3)C1)C2. The lowest BCUT2D eigenvalue weighted by molar-refractivity contribution is -0.00921. The summed E-state index contributed by atoms with van der Waals surface area (Å²) in [6, 6.07) is 7.63. The highest BCUT2D eigenvalue weighted by atomic mass is 16.6. The fourth-order valence-corrected chi connectivity index (χ4v) is 10.7. The number of hydrogen-bond donors (Lipinski definition) is 0. The van der Waals surface area contributed by atoms with Gasteiger partial charge in [-0.2, -0.15) is 0 Å². The third kappa shape index (κ3) is 2.85. The Morgan fingerprint density at radius 2 is 1.19 bits per heavy atom. The van der Waals surface area contributed by atoms with Gasteiger partial charge in [0.15, 0.2) is 0 Å². The molecule has 1 atom stereocenters. The van der Waals surface area contributed by atoms with Crippen LogP contribution in [0.1, 0.15) is 88.2 Å². The molecule has 8 bridgehead atoms. The van der Waals surface area contributed by atoms with Crippen molar-refractivity contribution in [3.8, 4) is 5.75 Å². The molecule has 2 heteroatoms. The third-order valence-electron chi connectivity index (χ3n) is 11.1. The molecule has 1 unspecified atom stereocenters. The van der Waals surface area contributed by atoms with Gasteiger partial charge in [0.2, 0.25) is 0 Å². The molecule has 9 fully saturated rings. The fraction of sp³-hybridized carbons (Fsp3) is 0.793. The van der Waals surface area contributed by atoms with Crippen LogP contribution in [0.15, 0.2) is 18.2 Å². The lowest BCUT2D eigenvalue weighted by atomic mass is 9.46. The van der Waals surface area contributed by atoms with E-state index in [1.165, 1.54) is 82.8 Å². The second-order valence-corrected chi connectivity index (χ2v) is 13.4. The van der Waals surface area contributed by atoms with Gasteiger partial charge in [-0.3, -0.25) is 0 Å². The number of epoxide rings is 1. The molecule has 1 heterocycles. The summed E-state index contributed by atoms with van der Waals surface area (Å²) in [6.45, 7) is 1.63. The van der Waals surface area contributed by atoms with Crippen LogP contribution in [0.5, 0.6) is 5.75 Å². The van der Waals surface area contributed by atoms with Gasteiger partial charge in [0.1, 0.15) is 18.5 Å². The first kappa shape index (κ1) is 18.4. The maximum atomic E-state index is 6.50. The molecule has 1 aromatic carbocycles. The first-order valence-corrected chi connectivity index (χ1v) is 13.5. The summed E-state index contributed by atoms with van der Waals surface area (Å²) in [7, 11) is 0. The second-order valence-electron chi connectivity index (χ2n) is 13.4. The van der Waals surface area contributed by atoms with Gasteiger partial charge in [-0.25, -0.2) is 0 Å². The number of ether oxygens (including phenoxy) is 2. The van der Waals surface area contributed by atoms with Crippen molar-refractivity contribution >= 4 is 0 Å². The molecule has 8 aliphatic carbocycles. The normalized spacial score (nSPS) is 50.8. The van der Waals surface area contributed by atoms with Crippen molar-refractivity contribution < 1.29 is 9.47 Å². The minimum absolute atomic E-state index is 0.340. The maximum Gasteiger partial charge on any atom is 0.123 e.